The number of aliphatic hydroxyl groups excluding tert-OH is 1. The highest BCUT2D eigenvalue weighted by Crippen LogP contribution is 2.16. The molecule has 0 bridgehead atoms. The molecule has 1 saturated heterocycles. The first kappa shape index (κ1) is 15.4. The van der Waals surface area contributed by atoms with E-state index in [1.165, 1.54) is 6.42 Å². The van der Waals surface area contributed by atoms with Crippen LogP contribution in [0.15, 0.2) is 0 Å². The largest absolute Gasteiger partial charge is 0.391 e. The average molecular weight is 256 g/mol. The molecule has 4 heteroatoms. The molecule has 0 aromatic carbocycles. The third-order valence-corrected chi connectivity index (χ3v) is 4.11. The van der Waals surface area contributed by atoms with E-state index in [1.807, 2.05) is 6.92 Å². The summed E-state index contributed by atoms with van der Waals surface area (Å²) in [7, 11) is 0. The van der Waals surface area contributed by atoms with Crippen molar-refractivity contribution in [1.29, 1.82) is 0 Å². The number of carbonyl (C=O) groups excluding carboxylic acids is 1. The van der Waals surface area contributed by atoms with Crippen molar-refractivity contribution in [3.05, 3.63) is 0 Å². The minimum absolute atomic E-state index is 0.00730. The first-order chi connectivity index (χ1) is 8.60. The van der Waals surface area contributed by atoms with Gasteiger partial charge in [0.15, 0.2) is 0 Å². The first-order valence-corrected chi connectivity index (χ1v) is 7.29. The van der Waals surface area contributed by atoms with Gasteiger partial charge in [-0.05, 0) is 31.8 Å². The summed E-state index contributed by atoms with van der Waals surface area (Å²) in [5.74, 6) is 0.317. The highest BCUT2D eigenvalue weighted by atomic mass is 16.3. The Bertz CT molecular complexity index is 258. The Morgan fingerprint density at radius 2 is 2.17 bits per heavy atom. The predicted octanol–water partition coefficient (Wildman–Crippen LogP) is 1.38. The molecule has 2 N–H and O–H groups in total. The van der Waals surface area contributed by atoms with E-state index in [2.05, 4.69) is 24.1 Å². The number of hydrogen-bond donors (Lipinski definition) is 2. The molecule has 106 valence electrons. The van der Waals surface area contributed by atoms with Gasteiger partial charge < -0.3 is 10.4 Å². The van der Waals surface area contributed by atoms with Gasteiger partial charge in [-0.15, -0.1) is 0 Å². The van der Waals surface area contributed by atoms with E-state index in [9.17, 15) is 9.90 Å². The molecule has 4 nitrogen and oxygen atoms in total. The van der Waals surface area contributed by atoms with E-state index in [1.54, 1.807) is 0 Å². The molecule has 0 aliphatic carbocycles. The highest BCUT2D eigenvalue weighted by Gasteiger charge is 2.27. The zero-order chi connectivity index (χ0) is 13.5. The lowest BCUT2D eigenvalue weighted by Crippen LogP contribution is -2.50. The van der Waals surface area contributed by atoms with Crippen molar-refractivity contribution in [2.24, 2.45) is 5.92 Å². The summed E-state index contributed by atoms with van der Waals surface area (Å²) in [6.07, 6.45) is 3.76. The maximum absolute atomic E-state index is 12.1. The Morgan fingerprint density at radius 3 is 2.78 bits per heavy atom. The van der Waals surface area contributed by atoms with Crippen LogP contribution in [0.3, 0.4) is 0 Å². The van der Waals surface area contributed by atoms with E-state index in [0.29, 0.717) is 6.54 Å². The number of rotatable bonds is 6. The van der Waals surface area contributed by atoms with Gasteiger partial charge in [0.2, 0.25) is 5.91 Å². The van der Waals surface area contributed by atoms with Crippen molar-refractivity contribution in [1.82, 2.24) is 10.2 Å². The third-order valence-electron chi connectivity index (χ3n) is 4.11. The summed E-state index contributed by atoms with van der Waals surface area (Å²) < 4.78 is 0. The summed E-state index contributed by atoms with van der Waals surface area (Å²) in [6, 6.07) is 0.00730. The Balaban J connectivity index is 2.39. The summed E-state index contributed by atoms with van der Waals surface area (Å²) in [5.41, 5.74) is 0. The molecule has 0 aromatic rings. The molecule has 18 heavy (non-hydrogen) atoms. The smallest absolute Gasteiger partial charge is 0.237 e. The lowest BCUT2D eigenvalue weighted by Gasteiger charge is -2.34. The van der Waals surface area contributed by atoms with E-state index < -0.39 is 6.10 Å². The van der Waals surface area contributed by atoms with Crippen molar-refractivity contribution in [2.45, 2.75) is 58.6 Å². The topological polar surface area (TPSA) is 52.6 Å². The molecule has 1 fully saturated rings. The van der Waals surface area contributed by atoms with E-state index >= 15 is 0 Å². The zero-order valence-electron chi connectivity index (χ0n) is 12.0. The van der Waals surface area contributed by atoms with Gasteiger partial charge in [0, 0.05) is 6.54 Å². The Hall–Kier alpha value is -0.610. The molecule has 0 saturated carbocycles. The van der Waals surface area contributed by atoms with Crippen molar-refractivity contribution in [2.75, 3.05) is 19.6 Å². The fourth-order valence-corrected chi connectivity index (χ4v) is 2.46. The van der Waals surface area contributed by atoms with E-state index in [4.69, 9.17) is 0 Å². The van der Waals surface area contributed by atoms with Crippen molar-refractivity contribution in [3.63, 3.8) is 0 Å². The van der Waals surface area contributed by atoms with Gasteiger partial charge in [0.05, 0.1) is 12.1 Å². The van der Waals surface area contributed by atoms with Gasteiger partial charge in [-0.25, -0.2) is 0 Å². The molecule has 1 aliphatic rings. The van der Waals surface area contributed by atoms with Crippen molar-refractivity contribution >= 4 is 5.91 Å². The number of piperidine rings is 1. The molecule has 1 rings (SSSR count). The number of likely N-dealkylation sites (N-methyl/N-ethyl adjacent to an activating group) is 1. The fourth-order valence-electron chi connectivity index (χ4n) is 2.46. The Labute approximate surface area is 111 Å². The molecule has 3 atom stereocenters. The van der Waals surface area contributed by atoms with Gasteiger partial charge >= 0.3 is 0 Å². The minimum atomic E-state index is -0.433. The highest BCUT2D eigenvalue weighted by molar-refractivity contribution is 5.81. The monoisotopic (exact) mass is 256 g/mol. The molecular formula is C14H28N2O2. The van der Waals surface area contributed by atoms with Crippen LogP contribution in [0, 0.1) is 5.92 Å². The lowest BCUT2D eigenvalue weighted by molar-refractivity contribution is -0.128. The second kappa shape index (κ2) is 7.74. The Kier molecular flexibility index (Phi) is 6.65. The quantitative estimate of drug-likeness (QED) is 0.755. The number of hydrogen-bond acceptors (Lipinski definition) is 3. The van der Waals surface area contributed by atoms with Gasteiger partial charge in [-0.2, -0.15) is 0 Å². The summed E-state index contributed by atoms with van der Waals surface area (Å²) >= 11 is 0. The molecule has 1 aliphatic heterocycles. The van der Waals surface area contributed by atoms with Crippen molar-refractivity contribution < 1.29 is 9.90 Å². The van der Waals surface area contributed by atoms with Crippen LogP contribution in [-0.2, 0) is 4.79 Å². The summed E-state index contributed by atoms with van der Waals surface area (Å²) in [6.45, 7) is 8.47. The third kappa shape index (κ3) is 4.25. The normalized spacial score (nSPS) is 24.6. The minimum Gasteiger partial charge on any atom is -0.391 e. The number of amides is 1. The first-order valence-electron chi connectivity index (χ1n) is 7.29. The van der Waals surface area contributed by atoms with Gasteiger partial charge in [0.25, 0.3) is 0 Å². The van der Waals surface area contributed by atoms with Crippen LogP contribution in [0.4, 0.5) is 0 Å². The predicted molar refractivity (Wildman–Crippen MR) is 73.4 cm³/mol. The molecular weight excluding hydrogens is 228 g/mol. The maximum Gasteiger partial charge on any atom is 0.237 e. The lowest BCUT2D eigenvalue weighted by atomic mass is 10.00. The molecule has 0 aromatic heterocycles. The summed E-state index contributed by atoms with van der Waals surface area (Å²) in [4.78, 5) is 14.3. The SMILES string of the molecule is CCC(C)C(O)CNC(=O)C1CCCCN1CC. The second-order valence-corrected chi connectivity index (χ2v) is 5.34. The van der Waals surface area contributed by atoms with Crippen LogP contribution in [-0.4, -0.2) is 47.7 Å². The average Bonchev–Trinajstić information content (AvgIpc) is 2.43. The second-order valence-electron chi connectivity index (χ2n) is 5.34. The molecule has 1 amide bonds. The molecule has 1 heterocycles. The van der Waals surface area contributed by atoms with Crippen molar-refractivity contribution in [3.8, 4) is 0 Å². The number of nitrogens with one attached hydrogen (secondary N) is 1. The van der Waals surface area contributed by atoms with E-state index in [0.717, 1.165) is 32.4 Å². The van der Waals surface area contributed by atoms with Gasteiger partial charge in [-0.3, -0.25) is 9.69 Å². The van der Waals surface area contributed by atoms with Crippen LogP contribution in [0.2, 0.25) is 0 Å². The van der Waals surface area contributed by atoms with Crippen LogP contribution in [0.25, 0.3) is 0 Å². The van der Waals surface area contributed by atoms with Crippen LogP contribution in [0.1, 0.15) is 46.5 Å². The summed E-state index contributed by atoms with van der Waals surface area (Å²) in [5, 5.41) is 12.8. The zero-order valence-corrected chi connectivity index (χ0v) is 12.0. The number of likely N-dealkylation sites (tertiary alicyclic amines) is 1. The van der Waals surface area contributed by atoms with Gasteiger partial charge in [-0.1, -0.05) is 33.6 Å². The number of nitrogens with zero attached hydrogens (tertiary/aromatic N) is 1. The van der Waals surface area contributed by atoms with Crippen LogP contribution < -0.4 is 5.32 Å². The van der Waals surface area contributed by atoms with Crippen LogP contribution in [0.5, 0.6) is 0 Å². The molecule has 3 unspecified atom stereocenters. The fraction of sp³-hybridized carbons (Fsp3) is 0.929. The molecule has 0 radical (unpaired) electrons. The number of carbonyl (C=O) groups is 1. The van der Waals surface area contributed by atoms with E-state index in [-0.39, 0.29) is 17.9 Å². The maximum atomic E-state index is 12.1. The molecule has 0 spiro atoms. The van der Waals surface area contributed by atoms with Gasteiger partial charge in [0.1, 0.15) is 0 Å². The standard InChI is InChI=1S/C14H28N2O2/c1-4-11(3)13(17)10-15-14(18)12-8-6-7-9-16(12)5-2/h11-13,17H,4-10H2,1-3H3,(H,15,18). The Morgan fingerprint density at radius 1 is 1.44 bits per heavy atom. The van der Waals surface area contributed by atoms with Crippen LogP contribution >= 0.6 is 0 Å². The number of aliphatic hydroxyl groups is 1.